The van der Waals surface area contributed by atoms with E-state index in [0.29, 0.717) is 5.92 Å². The number of hydrogen-bond donors (Lipinski definition) is 3. The maximum atomic E-state index is 13.0. The van der Waals surface area contributed by atoms with Crippen LogP contribution in [0.15, 0.2) is 29.3 Å². The summed E-state index contributed by atoms with van der Waals surface area (Å²) in [5.74, 6) is 0.485. The molecule has 142 valence electrons. The Labute approximate surface area is 160 Å². The van der Waals surface area contributed by atoms with E-state index in [1.54, 1.807) is 11.8 Å². The van der Waals surface area contributed by atoms with Gasteiger partial charge in [0.15, 0.2) is 0 Å². The van der Waals surface area contributed by atoms with E-state index in [2.05, 4.69) is 43.2 Å². The molecular formula is C21H30N2O2S. The summed E-state index contributed by atoms with van der Waals surface area (Å²) < 4.78 is 0. The number of benzene rings is 1. The zero-order valence-corrected chi connectivity index (χ0v) is 16.7. The summed E-state index contributed by atoms with van der Waals surface area (Å²) in [5.41, 5.74) is 2.33. The van der Waals surface area contributed by atoms with Crippen LogP contribution in [0.2, 0.25) is 0 Å². The summed E-state index contributed by atoms with van der Waals surface area (Å²) in [6.07, 6.45) is 6.20. The van der Waals surface area contributed by atoms with E-state index in [1.165, 1.54) is 10.9 Å². The summed E-state index contributed by atoms with van der Waals surface area (Å²) in [4.78, 5) is 17.4. The van der Waals surface area contributed by atoms with Crippen LogP contribution in [0.3, 0.4) is 0 Å². The summed E-state index contributed by atoms with van der Waals surface area (Å²) in [5, 5.41) is 14.4. The molecule has 26 heavy (non-hydrogen) atoms. The van der Waals surface area contributed by atoms with Crippen LogP contribution >= 0.6 is 11.8 Å². The Morgan fingerprint density at radius 3 is 2.85 bits per heavy atom. The molecule has 3 N–H and O–H groups in total. The van der Waals surface area contributed by atoms with Crippen LogP contribution in [0.4, 0.5) is 0 Å². The second-order valence-corrected chi connectivity index (χ2v) is 9.10. The van der Waals surface area contributed by atoms with Crippen molar-refractivity contribution in [2.75, 3.05) is 0 Å². The number of aromatic amines is 1. The Hall–Kier alpha value is -1.46. The molecule has 1 heterocycles. The second kappa shape index (κ2) is 8.49. The predicted octanol–water partition coefficient (Wildman–Crippen LogP) is 4.40. The molecule has 5 heteroatoms. The zero-order chi connectivity index (χ0) is 18.7. The van der Waals surface area contributed by atoms with Gasteiger partial charge in [0.05, 0.1) is 17.4 Å². The average molecular weight is 375 g/mol. The third-order valence-corrected chi connectivity index (χ3v) is 6.45. The van der Waals surface area contributed by atoms with Crippen LogP contribution in [-0.2, 0) is 4.79 Å². The number of fused-ring (bicyclic) bond motifs is 1. The van der Waals surface area contributed by atoms with Crippen LogP contribution < -0.4 is 5.32 Å². The lowest BCUT2D eigenvalue weighted by molar-refractivity contribution is -0.122. The van der Waals surface area contributed by atoms with E-state index in [0.717, 1.165) is 42.5 Å². The number of aryl methyl sites for hydroxylation is 1. The first-order valence-corrected chi connectivity index (χ1v) is 10.6. The average Bonchev–Trinajstić information content (AvgIpc) is 3.00. The van der Waals surface area contributed by atoms with E-state index in [4.69, 9.17) is 0 Å². The first-order chi connectivity index (χ1) is 12.5. The largest absolute Gasteiger partial charge is 0.391 e. The van der Waals surface area contributed by atoms with Gasteiger partial charge < -0.3 is 15.4 Å². The standard InChI is InChI=1S/C21H30N2O2S/c1-13(2)11-18(21(25)23-15-8-4-5-10-17(15)24)26-19-12-22-16-9-6-7-14(3)20(16)19/h6-7,9,12-13,15,17-18,22,24H,4-5,8,10-11H2,1-3H3,(H,23,25)/t15-,17-,18?/m0/s1. The number of aliphatic hydroxyl groups is 1. The van der Waals surface area contributed by atoms with Crippen LogP contribution in [0.1, 0.15) is 51.5 Å². The van der Waals surface area contributed by atoms with E-state index in [-0.39, 0.29) is 17.2 Å². The molecule has 0 bridgehead atoms. The number of carbonyl (C=O) groups excluding carboxylic acids is 1. The number of H-pyrrole nitrogens is 1. The highest BCUT2D eigenvalue weighted by Crippen LogP contribution is 2.35. The topological polar surface area (TPSA) is 65.1 Å². The van der Waals surface area contributed by atoms with Crippen LogP contribution in [0, 0.1) is 12.8 Å². The van der Waals surface area contributed by atoms with Crippen LogP contribution in [-0.4, -0.2) is 33.4 Å². The van der Waals surface area contributed by atoms with Gasteiger partial charge in [0, 0.05) is 22.0 Å². The van der Waals surface area contributed by atoms with E-state index in [1.807, 2.05) is 12.3 Å². The lowest BCUT2D eigenvalue weighted by Gasteiger charge is -2.30. The van der Waals surface area contributed by atoms with Gasteiger partial charge in [0.1, 0.15) is 0 Å². The summed E-state index contributed by atoms with van der Waals surface area (Å²) in [7, 11) is 0. The van der Waals surface area contributed by atoms with Crippen molar-refractivity contribution in [1.82, 2.24) is 10.3 Å². The molecule has 1 fully saturated rings. The van der Waals surface area contributed by atoms with E-state index < -0.39 is 6.10 Å². The smallest absolute Gasteiger partial charge is 0.233 e. The lowest BCUT2D eigenvalue weighted by Crippen LogP contribution is -2.48. The Morgan fingerprint density at radius 1 is 1.35 bits per heavy atom. The highest BCUT2D eigenvalue weighted by atomic mass is 32.2. The SMILES string of the molecule is Cc1cccc2[nH]cc(SC(CC(C)C)C(=O)N[C@H]3CCCC[C@@H]3O)c12. The number of rotatable bonds is 6. The van der Waals surface area contributed by atoms with E-state index in [9.17, 15) is 9.90 Å². The van der Waals surface area contributed by atoms with Crippen molar-refractivity contribution in [1.29, 1.82) is 0 Å². The molecule has 1 aromatic carbocycles. The molecule has 3 rings (SSSR count). The van der Waals surface area contributed by atoms with Crippen LogP contribution in [0.5, 0.6) is 0 Å². The zero-order valence-electron chi connectivity index (χ0n) is 15.9. The molecule has 0 aliphatic heterocycles. The van der Waals surface area contributed by atoms with E-state index >= 15 is 0 Å². The monoisotopic (exact) mass is 374 g/mol. The maximum absolute atomic E-state index is 13.0. The minimum atomic E-state index is -0.410. The third kappa shape index (κ3) is 4.44. The number of amides is 1. The minimum absolute atomic E-state index is 0.0533. The number of nitrogens with one attached hydrogen (secondary N) is 2. The third-order valence-electron chi connectivity index (χ3n) is 5.18. The second-order valence-electron chi connectivity index (χ2n) is 7.85. The molecule has 1 aliphatic rings. The van der Waals surface area contributed by atoms with Crippen molar-refractivity contribution in [3.8, 4) is 0 Å². The van der Waals surface area contributed by atoms with Gasteiger partial charge in [0.2, 0.25) is 5.91 Å². The molecule has 2 aromatic rings. The molecule has 0 saturated heterocycles. The predicted molar refractivity (Wildman–Crippen MR) is 109 cm³/mol. The summed E-state index contributed by atoms with van der Waals surface area (Å²) in [6.45, 7) is 6.41. The number of hydrogen-bond acceptors (Lipinski definition) is 3. The molecule has 1 aromatic heterocycles. The van der Waals surface area contributed by atoms with Crippen molar-refractivity contribution in [3.05, 3.63) is 30.0 Å². The molecule has 1 amide bonds. The number of aromatic nitrogens is 1. The van der Waals surface area contributed by atoms with Gasteiger partial charge in [-0.3, -0.25) is 4.79 Å². The Morgan fingerprint density at radius 2 is 2.12 bits per heavy atom. The van der Waals surface area contributed by atoms with Gasteiger partial charge in [-0.2, -0.15) is 0 Å². The molecule has 4 nitrogen and oxygen atoms in total. The van der Waals surface area contributed by atoms with Crippen LogP contribution in [0.25, 0.3) is 10.9 Å². The quantitative estimate of drug-likeness (QED) is 0.657. The number of thioether (sulfide) groups is 1. The fourth-order valence-electron chi connectivity index (χ4n) is 3.77. The number of aliphatic hydroxyl groups excluding tert-OH is 1. The Kier molecular flexibility index (Phi) is 6.30. The summed E-state index contributed by atoms with van der Waals surface area (Å²) >= 11 is 1.64. The molecule has 0 radical (unpaired) electrons. The number of carbonyl (C=O) groups is 1. The first kappa shape index (κ1) is 19.3. The Bertz CT molecular complexity index is 756. The Balaban J connectivity index is 1.77. The van der Waals surface area contributed by atoms with Gasteiger partial charge in [0.25, 0.3) is 0 Å². The van der Waals surface area contributed by atoms with Gasteiger partial charge in [-0.05, 0) is 43.7 Å². The van der Waals surface area contributed by atoms with Crippen molar-refractivity contribution >= 4 is 28.6 Å². The molecule has 1 aliphatic carbocycles. The molecule has 0 spiro atoms. The van der Waals surface area contributed by atoms with Crippen molar-refractivity contribution < 1.29 is 9.90 Å². The van der Waals surface area contributed by atoms with Crippen molar-refractivity contribution in [3.63, 3.8) is 0 Å². The molecule has 1 saturated carbocycles. The highest BCUT2D eigenvalue weighted by molar-refractivity contribution is 8.00. The van der Waals surface area contributed by atoms with Crippen molar-refractivity contribution in [2.45, 2.75) is 75.2 Å². The fourth-order valence-corrected chi connectivity index (χ4v) is 5.25. The van der Waals surface area contributed by atoms with Gasteiger partial charge >= 0.3 is 0 Å². The normalized spacial score (nSPS) is 21.9. The highest BCUT2D eigenvalue weighted by Gasteiger charge is 2.29. The fraction of sp³-hybridized carbons (Fsp3) is 0.571. The van der Waals surface area contributed by atoms with Gasteiger partial charge in [-0.1, -0.05) is 38.8 Å². The maximum Gasteiger partial charge on any atom is 0.233 e. The summed E-state index contributed by atoms with van der Waals surface area (Å²) in [6, 6.07) is 6.13. The minimum Gasteiger partial charge on any atom is -0.391 e. The lowest BCUT2D eigenvalue weighted by atomic mass is 9.92. The van der Waals surface area contributed by atoms with Gasteiger partial charge in [-0.25, -0.2) is 0 Å². The molecule has 3 atom stereocenters. The van der Waals surface area contributed by atoms with Crippen molar-refractivity contribution in [2.24, 2.45) is 5.92 Å². The first-order valence-electron chi connectivity index (χ1n) is 9.67. The van der Waals surface area contributed by atoms with Gasteiger partial charge in [-0.15, -0.1) is 11.8 Å². The molecular weight excluding hydrogens is 344 g/mol. The molecule has 1 unspecified atom stereocenters.